The Morgan fingerprint density at radius 2 is 2.50 bits per heavy atom. The SMILES string of the molecule is Cc1csc(CC(=O)C(C)O)n1. The first-order chi connectivity index (χ1) is 5.59. The van der Waals surface area contributed by atoms with E-state index in [-0.39, 0.29) is 12.2 Å². The molecule has 0 spiro atoms. The highest BCUT2D eigenvalue weighted by molar-refractivity contribution is 7.09. The Bertz CT molecular complexity index is 280. The van der Waals surface area contributed by atoms with Crippen LogP contribution in [-0.2, 0) is 11.2 Å². The van der Waals surface area contributed by atoms with Crippen LogP contribution < -0.4 is 0 Å². The quantitative estimate of drug-likeness (QED) is 0.762. The van der Waals surface area contributed by atoms with Crippen molar-refractivity contribution >= 4 is 17.1 Å². The zero-order valence-electron chi connectivity index (χ0n) is 7.07. The molecule has 1 atom stereocenters. The summed E-state index contributed by atoms with van der Waals surface area (Å²) in [6.45, 7) is 3.36. The summed E-state index contributed by atoms with van der Waals surface area (Å²) in [6.07, 6.45) is -0.634. The van der Waals surface area contributed by atoms with Crippen molar-refractivity contribution in [2.75, 3.05) is 0 Å². The highest BCUT2D eigenvalue weighted by Crippen LogP contribution is 2.10. The second kappa shape index (κ2) is 3.78. The molecule has 1 N–H and O–H groups in total. The minimum Gasteiger partial charge on any atom is -0.386 e. The summed E-state index contributed by atoms with van der Waals surface area (Å²) >= 11 is 1.45. The van der Waals surface area contributed by atoms with Crippen molar-refractivity contribution < 1.29 is 9.90 Å². The molecular weight excluding hydrogens is 174 g/mol. The van der Waals surface area contributed by atoms with Crippen LogP contribution in [0.1, 0.15) is 17.6 Å². The van der Waals surface area contributed by atoms with Gasteiger partial charge in [-0.15, -0.1) is 11.3 Å². The molecule has 1 aromatic heterocycles. The van der Waals surface area contributed by atoms with E-state index in [4.69, 9.17) is 5.11 Å². The van der Waals surface area contributed by atoms with E-state index in [0.717, 1.165) is 10.7 Å². The number of carbonyl (C=O) groups is 1. The number of aryl methyl sites for hydroxylation is 1. The van der Waals surface area contributed by atoms with Gasteiger partial charge in [0.1, 0.15) is 11.1 Å². The third kappa shape index (κ3) is 2.39. The summed E-state index contributed by atoms with van der Waals surface area (Å²) in [4.78, 5) is 15.2. The van der Waals surface area contributed by atoms with Gasteiger partial charge in [-0.3, -0.25) is 4.79 Å². The molecule has 1 heterocycles. The molecule has 4 heteroatoms. The van der Waals surface area contributed by atoms with E-state index in [9.17, 15) is 4.79 Å². The van der Waals surface area contributed by atoms with E-state index in [1.807, 2.05) is 12.3 Å². The van der Waals surface area contributed by atoms with Gasteiger partial charge in [-0.25, -0.2) is 4.98 Å². The number of nitrogens with zero attached hydrogens (tertiary/aromatic N) is 1. The number of rotatable bonds is 3. The van der Waals surface area contributed by atoms with Crippen molar-refractivity contribution in [2.45, 2.75) is 26.4 Å². The average molecular weight is 185 g/mol. The number of aliphatic hydroxyl groups is 1. The molecule has 3 nitrogen and oxygen atoms in total. The summed E-state index contributed by atoms with van der Waals surface area (Å²) in [5.74, 6) is -0.177. The van der Waals surface area contributed by atoms with E-state index in [2.05, 4.69) is 4.98 Å². The number of aromatic nitrogens is 1. The fourth-order valence-corrected chi connectivity index (χ4v) is 1.56. The first kappa shape index (κ1) is 9.35. The lowest BCUT2D eigenvalue weighted by Gasteiger charge is -1.99. The van der Waals surface area contributed by atoms with Crippen molar-refractivity contribution in [1.82, 2.24) is 4.98 Å². The first-order valence-electron chi connectivity index (χ1n) is 3.71. The molecule has 0 aliphatic rings. The Kier molecular flexibility index (Phi) is 2.94. The molecule has 0 amide bonds. The zero-order chi connectivity index (χ0) is 9.14. The highest BCUT2D eigenvalue weighted by Gasteiger charge is 2.11. The molecule has 0 radical (unpaired) electrons. The van der Waals surface area contributed by atoms with Crippen LogP contribution in [0.5, 0.6) is 0 Å². The number of ketones is 1. The van der Waals surface area contributed by atoms with Crippen molar-refractivity contribution in [3.05, 3.63) is 16.1 Å². The number of carbonyl (C=O) groups excluding carboxylic acids is 1. The molecule has 0 fully saturated rings. The van der Waals surface area contributed by atoms with Gasteiger partial charge >= 0.3 is 0 Å². The predicted octanol–water partition coefficient (Wildman–Crippen LogP) is 0.944. The maximum Gasteiger partial charge on any atom is 0.167 e. The van der Waals surface area contributed by atoms with Crippen molar-refractivity contribution in [1.29, 1.82) is 0 Å². The van der Waals surface area contributed by atoms with Crippen LogP contribution in [0.15, 0.2) is 5.38 Å². The minimum absolute atomic E-state index is 0.177. The Morgan fingerprint density at radius 3 is 2.92 bits per heavy atom. The lowest BCUT2D eigenvalue weighted by molar-refractivity contribution is -0.125. The maximum absolute atomic E-state index is 11.0. The molecular formula is C8H11NO2S. The lowest BCUT2D eigenvalue weighted by Crippen LogP contribution is -2.18. The Balaban J connectivity index is 2.58. The first-order valence-corrected chi connectivity index (χ1v) is 4.59. The third-order valence-electron chi connectivity index (χ3n) is 1.46. The summed E-state index contributed by atoms with van der Waals surface area (Å²) < 4.78 is 0. The van der Waals surface area contributed by atoms with Crippen LogP contribution in [0.3, 0.4) is 0 Å². The largest absolute Gasteiger partial charge is 0.386 e. The minimum atomic E-state index is -0.880. The maximum atomic E-state index is 11.0. The molecule has 0 saturated heterocycles. The fourth-order valence-electron chi connectivity index (χ4n) is 0.781. The van der Waals surface area contributed by atoms with Gasteiger partial charge in [0.15, 0.2) is 5.78 Å². The highest BCUT2D eigenvalue weighted by atomic mass is 32.1. The van der Waals surface area contributed by atoms with Gasteiger partial charge in [-0.1, -0.05) is 0 Å². The predicted molar refractivity (Wildman–Crippen MR) is 47.2 cm³/mol. The lowest BCUT2D eigenvalue weighted by atomic mass is 10.2. The second-order valence-corrected chi connectivity index (χ2v) is 3.64. The van der Waals surface area contributed by atoms with Gasteiger partial charge in [0.05, 0.1) is 6.42 Å². The van der Waals surface area contributed by atoms with Gasteiger partial charge in [-0.2, -0.15) is 0 Å². The van der Waals surface area contributed by atoms with Gasteiger partial charge in [0.2, 0.25) is 0 Å². The van der Waals surface area contributed by atoms with Crippen molar-refractivity contribution in [3.63, 3.8) is 0 Å². The van der Waals surface area contributed by atoms with E-state index in [0.29, 0.717) is 0 Å². The monoisotopic (exact) mass is 185 g/mol. The molecule has 12 heavy (non-hydrogen) atoms. The molecule has 0 saturated carbocycles. The summed E-state index contributed by atoms with van der Waals surface area (Å²) in [7, 11) is 0. The smallest absolute Gasteiger partial charge is 0.167 e. The molecule has 0 aliphatic carbocycles. The molecule has 1 unspecified atom stereocenters. The van der Waals surface area contributed by atoms with Crippen LogP contribution >= 0.6 is 11.3 Å². The molecule has 1 aromatic rings. The van der Waals surface area contributed by atoms with Gasteiger partial charge in [-0.05, 0) is 13.8 Å². The normalized spacial score (nSPS) is 12.9. The zero-order valence-corrected chi connectivity index (χ0v) is 7.89. The molecule has 66 valence electrons. The van der Waals surface area contributed by atoms with Gasteiger partial charge < -0.3 is 5.11 Å². The molecule has 0 bridgehead atoms. The number of hydrogen-bond acceptors (Lipinski definition) is 4. The van der Waals surface area contributed by atoms with Gasteiger partial charge in [0.25, 0.3) is 0 Å². The average Bonchev–Trinajstić information content (AvgIpc) is 2.35. The summed E-state index contributed by atoms with van der Waals surface area (Å²) in [5, 5.41) is 11.6. The van der Waals surface area contributed by atoms with Crippen molar-refractivity contribution in [2.24, 2.45) is 0 Å². The Labute approximate surface area is 75.1 Å². The van der Waals surface area contributed by atoms with Crippen LogP contribution in [0.25, 0.3) is 0 Å². The molecule has 1 rings (SSSR count). The van der Waals surface area contributed by atoms with E-state index in [1.165, 1.54) is 18.3 Å². The second-order valence-electron chi connectivity index (χ2n) is 2.70. The summed E-state index contributed by atoms with van der Waals surface area (Å²) in [6, 6.07) is 0. The van der Waals surface area contributed by atoms with Crippen LogP contribution in [-0.4, -0.2) is 22.0 Å². The van der Waals surface area contributed by atoms with Crippen LogP contribution in [0.4, 0.5) is 0 Å². The topological polar surface area (TPSA) is 50.2 Å². The number of Topliss-reactive ketones (excluding diaryl/α,β-unsaturated/α-hetero) is 1. The van der Waals surface area contributed by atoms with E-state index in [1.54, 1.807) is 0 Å². The molecule has 0 aromatic carbocycles. The standard InChI is InChI=1S/C8H11NO2S/c1-5-4-12-8(9-5)3-7(11)6(2)10/h4,6,10H,3H2,1-2H3. The third-order valence-corrected chi connectivity index (χ3v) is 2.42. The number of aliphatic hydroxyl groups excluding tert-OH is 1. The van der Waals surface area contributed by atoms with E-state index >= 15 is 0 Å². The number of hydrogen-bond donors (Lipinski definition) is 1. The van der Waals surface area contributed by atoms with Crippen molar-refractivity contribution in [3.8, 4) is 0 Å². The Morgan fingerprint density at radius 1 is 1.83 bits per heavy atom. The van der Waals surface area contributed by atoms with E-state index < -0.39 is 6.10 Å². The van der Waals surface area contributed by atoms with Crippen LogP contribution in [0, 0.1) is 6.92 Å². The Hall–Kier alpha value is -0.740. The summed E-state index contributed by atoms with van der Waals surface area (Å²) in [5.41, 5.74) is 0.924. The molecule has 0 aliphatic heterocycles. The van der Waals surface area contributed by atoms with Crippen LogP contribution in [0.2, 0.25) is 0 Å². The fraction of sp³-hybridized carbons (Fsp3) is 0.500. The van der Waals surface area contributed by atoms with Gasteiger partial charge in [0, 0.05) is 11.1 Å². The number of thiazole rings is 1.